The third-order valence-corrected chi connectivity index (χ3v) is 1.20. The van der Waals surface area contributed by atoms with Crippen LogP contribution in [0.3, 0.4) is 0 Å². The second-order valence-electron chi connectivity index (χ2n) is 3.45. The predicted octanol–water partition coefficient (Wildman–Crippen LogP) is 2.08. The molecule has 0 aliphatic heterocycles. The number of allylic oxidation sites excluding steroid dienone is 1. The SMILES string of the molecule is C=C(C)CCC(C)(C)N. The van der Waals surface area contributed by atoms with Gasteiger partial charge in [-0.2, -0.15) is 0 Å². The molecule has 0 aliphatic rings. The Hall–Kier alpha value is -0.300. The van der Waals surface area contributed by atoms with Crippen molar-refractivity contribution in [2.45, 2.75) is 39.2 Å². The normalized spacial score (nSPS) is 11.6. The molecule has 1 nitrogen and oxygen atoms in total. The summed E-state index contributed by atoms with van der Waals surface area (Å²) in [6.07, 6.45) is 2.08. The van der Waals surface area contributed by atoms with Crippen molar-refractivity contribution in [3.05, 3.63) is 12.2 Å². The van der Waals surface area contributed by atoms with Crippen LogP contribution in [0, 0.1) is 0 Å². The Kier molecular flexibility index (Phi) is 2.92. The molecule has 9 heavy (non-hydrogen) atoms. The van der Waals surface area contributed by atoms with E-state index >= 15 is 0 Å². The number of hydrogen-bond donors (Lipinski definition) is 1. The summed E-state index contributed by atoms with van der Waals surface area (Å²) in [5.74, 6) is 0. The van der Waals surface area contributed by atoms with Gasteiger partial charge in [0.25, 0.3) is 0 Å². The standard InChI is InChI=1S/C8H17N/c1-7(2)5-6-8(3,4)9/h1,5-6,9H2,2-4H3. The molecule has 54 valence electrons. The quantitative estimate of drug-likeness (QED) is 0.577. The van der Waals surface area contributed by atoms with Crippen molar-refractivity contribution in [3.8, 4) is 0 Å². The molecule has 0 aromatic heterocycles. The molecule has 0 radical (unpaired) electrons. The summed E-state index contributed by atoms with van der Waals surface area (Å²) in [6.45, 7) is 9.91. The highest BCUT2D eigenvalue weighted by Crippen LogP contribution is 2.10. The first-order valence-corrected chi connectivity index (χ1v) is 3.35. The van der Waals surface area contributed by atoms with E-state index in [4.69, 9.17) is 5.73 Å². The van der Waals surface area contributed by atoms with Crippen LogP contribution in [0.25, 0.3) is 0 Å². The Labute approximate surface area is 57.9 Å². The van der Waals surface area contributed by atoms with E-state index in [1.54, 1.807) is 0 Å². The van der Waals surface area contributed by atoms with E-state index in [1.807, 2.05) is 20.8 Å². The fraction of sp³-hybridized carbons (Fsp3) is 0.750. The van der Waals surface area contributed by atoms with E-state index in [0.717, 1.165) is 12.8 Å². The van der Waals surface area contributed by atoms with Crippen LogP contribution in [0.1, 0.15) is 33.6 Å². The highest BCUT2D eigenvalue weighted by molar-refractivity contribution is 4.90. The van der Waals surface area contributed by atoms with E-state index in [1.165, 1.54) is 5.57 Å². The maximum atomic E-state index is 5.74. The molecular weight excluding hydrogens is 110 g/mol. The summed E-state index contributed by atoms with van der Waals surface area (Å²) in [5.41, 5.74) is 6.93. The number of rotatable bonds is 3. The lowest BCUT2D eigenvalue weighted by Crippen LogP contribution is -2.31. The van der Waals surface area contributed by atoms with E-state index in [9.17, 15) is 0 Å². The van der Waals surface area contributed by atoms with Crippen LogP contribution in [0.5, 0.6) is 0 Å². The lowest BCUT2D eigenvalue weighted by molar-refractivity contribution is 0.476. The first kappa shape index (κ1) is 8.70. The molecule has 2 N–H and O–H groups in total. The highest BCUT2D eigenvalue weighted by Gasteiger charge is 2.08. The molecule has 0 saturated heterocycles. The van der Waals surface area contributed by atoms with Gasteiger partial charge in [-0.3, -0.25) is 0 Å². The molecule has 0 fully saturated rings. The lowest BCUT2D eigenvalue weighted by Gasteiger charge is -2.17. The zero-order valence-corrected chi connectivity index (χ0v) is 6.70. The fourth-order valence-corrected chi connectivity index (χ4v) is 0.536. The Balaban J connectivity index is 3.39. The molecule has 0 amide bonds. The average Bonchev–Trinajstić information content (AvgIpc) is 1.59. The summed E-state index contributed by atoms with van der Waals surface area (Å²) in [7, 11) is 0. The van der Waals surface area contributed by atoms with Gasteiger partial charge in [-0.15, -0.1) is 6.58 Å². The van der Waals surface area contributed by atoms with E-state index < -0.39 is 0 Å². The largest absolute Gasteiger partial charge is 0.326 e. The fourth-order valence-electron chi connectivity index (χ4n) is 0.536. The van der Waals surface area contributed by atoms with Gasteiger partial charge in [-0.1, -0.05) is 5.57 Å². The van der Waals surface area contributed by atoms with E-state index in [-0.39, 0.29) is 5.54 Å². The Bertz CT molecular complexity index is 97.6. The zero-order chi connectivity index (χ0) is 7.49. The molecule has 0 atom stereocenters. The second kappa shape index (κ2) is 3.02. The zero-order valence-electron chi connectivity index (χ0n) is 6.70. The van der Waals surface area contributed by atoms with Gasteiger partial charge >= 0.3 is 0 Å². The minimum absolute atomic E-state index is 0.0288. The highest BCUT2D eigenvalue weighted by atomic mass is 14.7. The molecule has 0 spiro atoms. The maximum absolute atomic E-state index is 5.74. The Morgan fingerprint density at radius 1 is 1.56 bits per heavy atom. The summed E-state index contributed by atoms with van der Waals surface area (Å²) >= 11 is 0. The van der Waals surface area contributed by atoms with Crippen LogP contribution >= 0.6 is 0 Å². The van der Waals surface area contributed by atoms with Crippen molar-refractivity contribution >= 4 is 0 Å². The summed E-state index contributed by atoms with van der Waals surface area (Å²) in [6, 6.07) is 0. The van der Waals surface area contributed by atoms with Crippen molar-refractivity contribution in [2.24, 2.45) is 5.73 Å². The number of nitrogens with two attached hydrogens (primary N) is 1. The van der Waals surface area contributed by atoms with E-state index in [0.29, 0.717) is 0 Å². The maximum Gasteiger partial charge on any atom is 0.0100 e. The minimum Gasteiger partial charge on any atom is -0.326 e. The van der Waals surface area contributed by atoms with Gasteiger partial charge in [0.2, 0.25) is 0 Å². The molecule has 0 rings (SSSR count). The van der Waals surface area contributed by atoms with Gasteiger partial charge in [-0.05, 0) is 33.6 Å². The molecule has 0 aliphatic carbocycles. The third-order valence-electron chi connectivity index (χ3n) is 1.20. The van der Waals surface area contributed by atoms with Crippen molar-refractivity contribution in [2.75, 3.05) is 0 Å². The first-order chi connectivity index (χ1) is 3.92. The van der Waals surface area contributed by atoms with Crippen molar-refractivity contribution in [3.63, 3.8) is 0 Å². The summed E-state index contributed by atoms with van der Waals surface area (Å²) < 4.78 is 0. The van der Waals surface area contributed by atoms with Gasteiger partial charge in [0.15, 0.2) is 0 Å². The van der Waals surface area contributed by atoms with Gasteiger partial charge in [0.05, 0.1) is 0 Å². The smallest absolute Gasteiger partial charge is 0.0100 e. The van der Waals surface area contributed by atoms with Crippen molar-refractivity contribution in [1.82, 2.24) is 0 Å². The van der Waals surface area contributed by atoms with Crippen LogP contribution in [-0.4, -0.2) is 5.54 Å². The van der Waals surface area contributed by atoms with Crippen molar-refractivity contribution in [1.29, 1.82) is 0 Å². The Morgan fingerprint density at radius 3 is 2.11 bits per heavy atom. The molecule has 0 bridgehead atoms. The van der Waals surface area contributed by atoms with Crippen molar-refractivity contribution < 1.29 is 0 Å². The van der Waals surface area contributed by atoms with Crippen LogP contribution in [0.2, 0.25) is 0 Å². The lowest BCUT2D eigenvalue weighted by atomic mass is 9.98. The molecule has 0 saturated carbocycles. The second-order valence-corrected chi connectivity index (χ2v) is 3.45. The minimum atomic E-state index is -0.0288. The molecular formula is C8H17N. The van der Waals surface area contributed by atoms with Gasteiger partial charge in [-0.25, -0.2) is 0 Å². The van der Waals surface area contributed by atoms with Crippen LogP contribution in [-0.2, 0) is 0 Å². The van der Waals surface area contributed by atoms with E-state index in [2.05, 4.69) is 6.58 Å². The van der Waals surface area contributed by atoms with Crippen LogP contribution < -0.4 is 5.73 Å². The van der Waals surface area contributed by atoms with Gasteiger partial charge in [0, 0.05) is 5.54 Å². The average molecular weight is 127 g/mol. The summed E-state index contributed by atoms with van der Waals surface area (Å²) in [4.78, 5) is 0. The predicted molar refractivity (Wildman–Crippen MR) is 42.3 cm³/mol. The third kappa shape index (κ3) is 7.70. The molecule has 0 unspecified atom stereocenters. The monoisotopic (exact) mass is 127 g/mol. The van der Waals surface area contributed by atoms with Crippen LogP contribution in [0.15, 0.2) is 12.2 Å². The summed E-state index contributed by atoms with van der Waals surface area (Å²) in [5, 5.41) is 0. The van der Waals surface area contributed by atoms with Crippen LogP contribution in [0.4, 0.5) is 0 Å². The molecule has 0 heterocycles. The molecule has 0 aromatic rings. The number of hydrogen-bond acceptors (Lipinski definition) is 1. The molecule has 0 aromatic carbocycles. The first-order valence-electron chi connectivity index (χ1n) is 3.35. The van der Waals surface area contributed by atoms with Gasteiger partial charge < -0.3 is 5.73 Å². The Morgan fingerprint density at radius 2 is 2.00 bits per heavy atom. The topological polar surface area (TPSA) is 26.0 Å². The molecule has 1 heteroatoms. The van der Waals surface area contributed by atoms with Gasteiger partial charge in [0.1, 0.15) is 0 Å².